The summed E-state index contributed by atoms with van der Waals surface area (Å²) in [4.78, 5) is 7.55. The van der Waals surface area contributed by atoms with Crippen LogP contribution < -0.4 is 4.74 Å². The summed E-state index contributed by atoms with van der Waals surface area (Å²) in [5.74, 6) is 0.814. The van der Waals surface area contributed by atoms with E-state index in [0.717, 1.165) is 31.3 Å². The van der Waals surface area contributed by atoms with Crippen molar-refractivity contribution >= 4 is 56.1 Å². The van der Waals surface area contributed by atoms with E-state index in [2.05, 4.69) is 32.6 Å². The van der Waals surface area contributed by atoms with Crippen LogP contribution in [-0.4, -0.2) is 17.1 Å². The number of hydrogen-bond donors (Lipinski definition) is 1. The molecule has 0 unspecified atom stereocenters. The Bertz CT molecular complexity index is 723. The SMILES string of the molecule is COc1ccc(I)c2c1[nH]c1ncc(Cl)cc12. The molecular weight excluding hydrogens is 351 g/mol. The monoisotopic (exact) mass is 358 g/mol. The Morgan fingerprint density at radius 2 is 2.24 bits per heavy atom. The molecule has 0 saturated heterocycles. The fraction of sp³-hybridized carbons (Fsp3) is 0.0833. The van der Waals surface area contributed by atoms with E-state index in [1.807, 2.05) is 18.2 Å². The Kier molecular flexibility index (Phi) is 2.63. The highest BCUT2D eigenvalue weighted by Gasteiger charge is 2.12. The summed E-state index contributed by atoms with van der Waals surface area (Å²) >= 11 is 8.29. The molecule has 1 N–H and O–H groups in total. The third-order valence-corrected chi connectivity index (χ3v) is 3.81. The number of rotatable bonds is 1. The van der Waals surface area contributed by atoms with Gasteiger partial charge in [-0.3, -0.25) is 0 Å². The first-order valence-electron chi connectivity index (χ1n) is 5.00. The second-order valence-corrected chi connectivity index (χ2v) is 5.27. The maximum atomic E-state index is 5.99. The van der Waals surface area contributed by atoms with Crippen LogP contribution in [0.15, 0.2) is 24.4 Å². The van der Waals surface area contributed by atoms with E-state index >= 15 is 0 Å². The summed E-state index contributed by atoms with van der Waals surface area (Å²) in [6.07, 6.45) is 1.64. The molecule has 0 bridgehead atoms. The molecule has 0 aliphatic rings. The van der Waals surface area contributed by atoms with Gasteiger partial charge >= 0.3 is 0 Å². The van der Waals surface area contributed by atoms with Crippen molar-refractivity contribution in [3.05, 3.63) is 33.0 Å². The van der Waals surface area contributed by atoms with Crippen molar-refractivity contribution in [2.75, 3.05) is 7.11 Å². The van der Waals surface area contributed by atoms with Crippen molar-refractivity contribution in [1.82, 2.24) is 9.97 Å². The summed E-state index contributed by atoms with van der Waals surface area (Å²) in [5, 5.41) is 2.77. The zero-order valence-corrected chi connectivity index (χ0v) is 11.8. The molecule has 0 radical (unpaired) electrons. The Balaban J connectivity index is 2.55. The van der Waals surface area contributed by atoms with E-state index in [-0.39, 0.29) is 0 Å². The fourth-order valence-corrected chi connectivity index (χ4v) is 2.86. The second kappa shape index (κ2) is 4.03. The highest BCUT2D eigenvalue weighted by Crippen LogP contribution is 2.35. The number of fused-ring (bicyclic) bond motifs is 3. The molecule has 2 heterocycles. The molecule has 0 aliphatic carbocycles. The average molecular weight is 359 g/mol. The van der Waals surface area contributed by atoms with Gasteiger partial charge in [0.2, 0.25) is 0 Å². The molecule has 0 amide bonds. The number of benzene rings is 1. The minimum absolute atomic E-state index is 0.636. The number of halogens is 2. The highest BCUT2D eigenvalue weighted by atomic mass is 127. The van der Waals surface area contributed by atoms with Crippen molar-refractivity contribution in [3.8, 4) is 5.75 Å². The van der Waals surface area contributed by atoms with Gasteiger partial charge < -0.3 is 9.72 Å². The third-order valence-electron chi connectivity index (χ3n) is 2.70. The summed E-state index contributed by atoms with van der Waals surface area (Å²) in [6, 6.07) is 5.89. The third kappa shape index (κ3) is 1.66. The van der Waals surface area contributed by atoms with E-state index in [1.54, 1.807) is 13.3 Å². The molecule has 3 nitrogen and oxygen atoms in total. The maximum Gasteiger partial charge on any atom is 0.143 e. The van der Waals surface area contributed by atoms with Crippen LogP contribution in [0.1, 0.15) is 0 Å². The largest absolute Gasteiger partial charge is 0.495 e. The molecule has 0 saturated carbocycles. The first-order valence-corrected chi connectivity index (χ1v) is 6.46. The Labute approximate surface area is 116 Å². The van der Waals surface area contributed by atoms with Gasteiger partial charge in [0.25, 0.3) is 0 Å². The molecule has 5 heteroatoms. The first-order chi connectivity index (χ1) is 8.20. The number of ether oxygens (including phenoxy) is 1. The van der Waals surface area contributed by atoms with Gasteiger partial charge in [-0.05, 0) is 40.8 Å². The lowest BCUT2D eigenvalue weighted by atomic mass is 10.2. The Hall–Kier alpha value is -1.01. The van der Waals surface area contributed by atoms with Crippen molar-refractivity contribution in [2.24, 2.45) is 0 Å². The molecule has 0 atom stereocenters. The fourth-order valence-electron chi connectivity index (χ4n) is 1.96. The predicted molar refractivity (Wildman–Crippen MR) is 77.9 cm³/mol. The number of pyridine rings is 1. The lowest BCUT2D eigenvalue weighted by molar-refractivity contribution is 0.419. The van der Waals surface area contributed by atoms with Gasteiger partial charge in [0, 0.05) is 20.5 Å². The summed E-state index contributed by atoms with van der Waals surface area (Å²) in [5.41, 5.74) is 1.79. The van der Waals surface area contributed by atoms with Crippen molar-refractivity contribution in [2.45, 2.75) is 0 Å². The second-order valence-electron chi connectivity index (χ2n) is 3.67. The molecule has 3 aromatic rings. The molecule has 3 rings (SSSR count). The summed E-state index contributed by atoms with van der Waals surface area (Å²) in [7, 11) is 1.66. The first kappa shape index (κ1) is 11.1. The molecule has 0 spiro atoms. The van der Waals surface area contributed by atoms with Crippen LogP contribution in [0.3, 0.4) is 0 Å². The Morgan fingerprint density at radius 3 is 3.00 bits per heavy atom. The molecule has 0 fully saturated rings. The van der Waals surface area contributed by atoms with E-state index in [9.17, 15) is 0 Å². The van der Waals surface area contributed by atoms with Crippen LogP contribution in [0.25, 0.3) is 21.9 Å². The maximum absolute atomic E-state index is 5.99. The Morgan fingerprint density at radius 1 is 1.41 bits per heavy atom. The van der Waals surface area contributed by atoms with Gasteiger partial charge in [0.05, 0.1) is 17.6 Å². The van der Waals surface area contributed by atoms with E-state index in [0.29, 0.717) is 5.02 Å². The van der Waals surface area contributed by atoms with Gasteiger partial charge in [-0.25, -0.2) is 4.98 Å². The highest BCUT2D eigenvalue weighted by molar-refractivity contribution is 14.1. The zero-order chi connectivity index (χ0) is 12.0. The van der Waals surface area contributed by atoms with Crippen LogP contribution in [-0.2, 0) is 0 Å². The molecule has 1 aromatic carbocycles. The predicted octanol–water partition coefficient (Wildman–Crippen LogP) is 3.98. The normalized spacial score (nSPS) is 11.2. The number of H-pyrrole nitrogens is 1. The molecule has 17 heavy (non-hydrogen) atoms. The van der Waals surface area contributed by atoms with Gasteiger partial charge in [-0.15, -0.1) is 0 Å². The van der Waals surface area contributed by atoms with Crippen LogP contribution in [0.4, 0.5) is 0 Å². The number of aromatic nitrogens is 2. The molecular formula is C12H8ClIN2O. The summed E-state index contributed by atoms with van der Waals surface area (Å²) in [6.45, 7) is 0. The van der Waals surface area contributed by atoms with Gasteiger partial charge in [-0.2, -0.15) is 0 Å². The summed E-state index contributed by atoms with van der Waals surface area (Å²) < 4.78 is 6.49. The van der Waals surface area contributed by atoms with E-state index in [4.69, 9.17) is 16.3 Å². The van der Waals surface area contributed by atoms with E-state index in [1.165, 1.54) is 0 Å². The van der Waals surface area contributed by atoms with Crippen molar-refractivity contribution in [1.29, 1.82) is 0 Å². The number of nitrogens with zero attached hydrogens (tertiary/aromatic N) is 1. The topological polar surface area (TPSA) is 37.9 Å². The number of hydrogen-bond acceptors (Lipinski definition) is 2. The van der Waals surface area contributed by atoms with Crippen LogP contribution >= 0.6 is 34.2 Å². The van der Waals surface area contributed by atoms with Gasteiger partial charge in [0.15, 0.2) is 0 Å². The van der Waals surface area contributed by atoms with Crippen LogP contribution in [0.5, 0.6) is 5.75 Å². The quantitative estimate of drug-likeness (QED) is 0.668. The van der Waals surface area contributed by atoms with Crippen LogP contribution in [0, 0.1) is 3.57 Å². The molecule has 86 valence electrons. The standard InChI is InChI=1S/C12H8ClIN2O/c1-17-9-3-2-8(14)10-7-4-6(13)5-15-12(7)16-11(9)10/h2-5H,1H3,(H,15,16). The van der Waals surface area contributed by atoms with E-state index < -0.39 is 0 Å². The average Bonchev–Trinajstić information content (AvgIpc) is 2.69. The van der Waals surface area contributed by atoms with Gasteiger partial charge in [0.1, 0.15) is 11.4 Å². The van der Waals surface area contributed by atoms with Crippen LogP contribution in [0.2, 0.25) is 5.02 Å². The number of nitrogens with one attached hydrogen (secondary N) is 1. The minimum Gasteiger partial charge on any atom is -0.495 e. The zero-order valence-electron chi connectivity index (χ0n) is 8.92. The lowest BCUT2D eigenvalue weighted by Gasteiger charge is -2.02. The number of aromatic amines is 1. The molecule has 0 aliphatic heterocycles. The molecule has 2 aromatic heterocycles. The van der Waals surface area contributed by atoms with Crippen molar-refractivity contribution < 1.29 is 4.74 Å². The van der Waals surface area contributed by atoms with Crippen molar-refractivity contribution in [3.63, 3.8) is 0 Å². The minimum atomic E-state index is 0.636. The number of methoxy groups -OCH3 is 1. The van der Waals surface area contributed by atoms with Gasteiger partial charge in [-0.1, -0.05) is 11.6 Å². The smallest absolute Gasteiger partial charge is 0.143 e. The lowest BCUT2D eigenvalue weighted by Crippen LogP contribution is -1.85.